The average molecular weight is 296 g/mol. The lowest BCUT2D eigenvalue weighted by atomic mass is 10.1. The zero-order valence-corrected chi connectivity index (χ0v) is 14.5. The van der Waals surface area contributed by atoms with E-state index in [1.165, 1.54) is 58.3 Å². The molecule has 0 amide bonds. The van der Waals surface area contributed by atoms with Crippen molar-refractivity contribution in [1.82, 2.24) is 0 Å². The summed E-state index contributed by atoms with van der Waals surface area (Å²) in [5.74, 6) is -0.150. The van der Waals surface area contributed by atoms with Crippen LogP contribution in [0.5, 0.6) is 0 Å². The molecule has 0 saturated carbocycles. The SMILES string of the molecule is CCCCCCC/C=C\C[C@@H](CCCCCC)OC(C)=O. The van der Waals surface area contributed by atoms with Crippen molar-refractivity contribution in [3.05, 3.63) is 12.2 Å². The van der Waals surface area contributed by atoms with Gasteiger partial charge in [0, 0.05) is 13.3 Å². The Morgan fingerprint density at radius 2 is 1.52 bits per heavy atom. The van der Waals surface area contributed by atoms with Gasteiger partial charge in [-0.3, -0.25) is 4.79 Å². The molecule has 2 nitrogen and oxygen atoms in total. The van der Waals surface area contributed by atoms with E-state index in [1.807, 2.05) is 0 Å². The van der Waals surface area contributed by atoms with Crippen molar-refractivity contribution in [3.8, 4) is 0 Å². The van der Waals surface area contributed by atoms with Crippen molar-refractivity contribution >= 4 is 5.97 Å². The van der Waals surface area contributed by atoms with E-state index in [4.69, 9.17) is 4.74 Å². The van der Waals surface area contributed by atoms with Crippen LogP contribution in [-0.4, -0.2) is 12.1 Å². The van der Waals surface area contributed by atoms with Crippen LogP contribution in [0.3, 0.4) is 0 Å². The second-order valence-electron chi connectivity index (χ2n) is 5.99. The minimum absolute atomic E-state index is 0.0793. The first kappa shape index (κ1) is 20.2. The fourth-order valence-electron chi connectivity index (χ4n) is 2.49. The highest BCUT2D eigenvalue weighted by Crippen LogP contribution is 2.13. The monoisotopic (exact) mass is 296 g/mol. The molecule has 0 N–H and O–H groups in total. The summed E-state index contributed by atoms with van der Waals surface area (Å²) in [6.07, 6.45) is 19.1. The molecule has 0 fully saturated rings. The summed E-state index contributed by atoms with van der Waals surface area (Å²) in [6, 6.07) is 0. The van der Waals surface area contributed by atoms with Crippen LogP contribution in [0, 0.1) is 0 Å². The van der Waals surface area contributed by atoms with Gasteiger partial charge in [0.15, 0.2) is 0 Å². The first-order chi connectivity index (χ1) is 10.2. The fraction of sp³-hybridized carbons (Fsp3) is 0.842. The molecule has 0 saturated heterocycles. The van der Waals surface area contributed by atoms with Crippen LogP contribution in [0.1, 0.15) is 97.8 Å². The van der Waals surface area contributed by atoms with E-state index >= 15 is 0 Å². The van der Waals surface area contributed by atoms with E-state index in [2.05, 4.69) is 26.0 Å². The molecule has 0 heterocycles. The van der Waals surface area contributed by atoms with Crippen molar-refractivity contribution < 1.29 is 9.53 Å². The van der Waals surface area contributed by atoms with Gasteiger partial charge in [0.25, 0.3) is 0 Å². The topological polar surface area (TPSA) is 26.3 Å². The Labute approximate surface area is 132 Å². The first-order valence-corrected chi connectivity index (χ1v) is 9.02. The second kappa shape index (κ2) is 15.6. The minimum Gasteiger partial charge on any atom is -0.462 e. The van der Waals surface area contributed by atoms with E-state index in [1.54, 1.807) is 0 Å². The Morgan fingerprint density at radius 1 is 0.905 bits per heavy atom. The molecule has 0 rings (SSSR count). The molecule has 0 unspecified atom stereocenters. The number of esters is 1. The molecule has 1 atom stereocenters. The van der Waals surface area contributed by atoms with Gasteiger partial charge in [-0.25, -0.2) is 0 Å². The van der Waals surface area contributed by atoms with Crippen LogP contribution < -0.4 is 0 Å². The summed E-state index contributed by atoms with van der Waals surface area (Å²) in [6.45, 7) is 5.97. The molecule has 0 aromatic carbocycles. The number of hydrogen-bond donors (Lipinski definition) is 0. The summed E-state index contributed by atoms with van der Waals surface area (Å²) < 4.78 is 5.40. The third kappa shape index (κ3) is 15.4. The Balaban J connectivity index is 3.75. The smallest absolute Gasteiger partial charge is 0.302 e. The third-order valence-corrected chi connectivity index (χ3v) is 3.75. The van der Waals surface area contributed by atoms with Crippen LogP contribution >= 0.6 is 0 Å². The number of allylic oxidation sites excluding steroid dienone is 1. The van der Waals surface area contributed by atoms with E-state index < -0.39 is 0 Å². The lowest BCUT2D eigenvalue weighted by Gasteiger charge is -2.15. The number of rotatable bonds is 14. The molecular weight excluding hydrogens is 260 g/mol. The van der Waals surface area contributed by atoms with Gasteiger partial charge in [-0.2, -0.15) is 0 Å². The highest BCUT2D eigenvalue weighted by Gasteiger charge is 2.09. The molecule has 21 heavy (non-hydrogen) atoms. The molecule has 124 valence electrons. The predicted molar refractivity (Wildman–Crippen MR) is 91.4 cm³/mol. The van der Waals surface area contributed by atoms with Gasteiger partial charge in [-0.05, 0) is 25.7 Å². The van der Waals surface area contributed by atoms with Crippen LogP contribution in [0.25, 0.3) is 0 Å². The van der Waals surface area contributed by atoms with Gasteiger partial charge in [-0.15, -0.1) is 0 Å². The zero-order chi connectivity index (χ0) is 15.8. The molecule has 0 spiro atoms. The van der Waals surface area contributed by atoms with E-state index in [0.29, 0.717) is 0 Å². The van der Waals surface area contributed by atoms with E-state index in [9.17, 15) is 4.79 Å². The van der Waals surface area contributed by atoms with Crippen molar-refractivity contribution in [2.45, 2.75) is 104 Å². The normalized spacial score (nSPS) is 12.7. The standard InChI is InChI=1S/C19H36O2/c1-4-6-8-10-11-12-13-15-17-19(21-18(3)20)16-14-9-7-5-2/h13,15,19H,4-12,14,16-17H2,1-3H3/b15-13-/t19-/m1/s1. The van der Waals surface area contributed by atoms with Crippen molar-refractivity contribution in [3.63, 3.8) is 0 Å². The summed E-state index contributed by atoms with van der Waals surface area (Å²) in [7, 11) is 0. The van der Waals surface area contributed by atoms with Gasteiger partial charge in [-0.1, -0.05) is 70.9 Å². The summed E-state index contributed by atoms with van der Waals surface area (Å²) in [4.78, 5) is 11.1. The van der Waals surface area contributed by atoms with Crippen LogP contribution in [0.2, 0.25) is 0 Å². The molecule has 0 aromatic heterocycles. The molecule has 0 aliphatic rings. The number of carbonyl (C=O) groups excluding carboxylic acids is 1. The number of ether oxygens (including phenoxy) is 1. The van der Waals surface area contributed by atoms with E-state index in [-0.39, 0.29) is 12.1 Å². The van der Waals surface area contributed by atoms with Crippen LogP contribution in [0.4, 0.5) is 0 Å². The maximum atomic E-state index is 11.1. The minimum atomic E-state index is -0.150. The molecule has 0 aromatic rings. The lowest BCUT2D eigenvalue weighted by molar-refractivity contribution is -0.146. The van der Waals surface area contributed by atoms with Gasteiger partial charge >= 0.3 is 5.97 Å². The molecule has 0 aliphatic carbocycles. The molecule has 0 radical (unpaired) electrons. The van der Waals surface area contributed by atoms with E-state index in [0.717, 1.165) is 25.7 Å². The maximum absolute atomic E-state index is 11.1. The highest BCUT2D eigenvalue weighted by molar-refractivity contribution is 5.66. The van der Waals surface area contributed by atoms with Crippen LogP contribution in [-0.2, 0) is 9.53 Å². The van der Waals surface area contributed by atoms with Crippen molar-refractivity contribution in [2.75, 3.05) is 0 Å². The summed E-state index contributed by atoms with van der Waals surface area (Å²) in [5, 5.41) is 0. The van der Waals surface area contributed by atoms with Gasteiger partial charge in [0.1, 0.15) is 6.10 Å². The summed E-state index contributed by atoms with van der Waals surface area (Å²) in [5.41, 5.74) is 0. The largest absolute Gasteiger partial charge is 0.462 e. The lowest BCUT2D eigenvalue weighted by Crippen LogP contribution is -2.15. The Kier molecular flexibility index (Phi) is 15.0. The quantitative estimate of drug-likeness (QED) is 0.217. The molecule has 0 bridgehead atoms. The number of unbranched alkanes of at least 4 members (excludes halogenated alkanes) is 8. The van der Waals surface area contributed by atoms with Crippen LogP contribution in [0.15, 0.2) is 12.2 Å². The number of hydrogen-bond acceptors (Lipinski definition) is 2. The van der Waals surface area contributed by atoms with Gasteiger partial charge in [0.05, 0.1) is 0 Å². The second-order valence-corrected chi connectivity index (χ2v) is 5.99. The predicted octanol–water partition coefficient (Wildman–Crippen LogP) is 6.20. The van der Waals surface area contributed by atoms with Crippen molar-refractivity contribution in [1.29, 1.82) is 0 Å². The fourth-order valence-corrected chi connectivity index (χ4v) is 2.49. The molecule has 2 heteroatoms. The zero-order valence-electron chi connectivity index (χ0n) is 14.5. The van der Waals surface area contributed by atoms with Crippen molar-refractivity contribution in [2.24, 2.45) is 0 Å². The highest BCUT2D eigenvalue weighted by atomic mass is 16.5. The maximum Gasteiger partial charge on any atom is 0.302 e. The molecular formula is C19H36O2. The average Bonchev–Trinajstić information content (AvgIpc) is 2.45. The van der Waals surface area contributed by atoms with Gasteiger partial charge in [0.2, 0.25) is 0 Å². The third-order valence-electron chi connectivity index (χ3n) is 3.75. The summed E-state index contributed by atoms with van der Waals surface area (Å²) >= 11 is 0. The number of carbonyl (C=O) groups is 1. The first-order valence-electron chi connectivity index (χ1n) is 9.02. The Hall–Kier alpha value is -0.790. The Morgan fingerprint density at radius 3 is 2.14 bits per heavy atom. The molecule has 0 aliphatic heterocycles. The van der Waals surface area contributed by atoms with Gasteiger partial charge < -0.3 is 4.74 Å². The Bertz CT molecular complexity index is 258.